The van der Waals surface area contributed by atoms with E-state index in [4.69, 9.17) is 5.73 Å². The van der Waals surface area contributed by atoms with E-state index in [1.807, 2.05) is 0 Å². The second kappa shape index (κ2) is 7.34. The van der Waals surface area contributed by atoms with Gasteiger partial charge in [0.1, 0.15) is 0 Å². The van der Waals surface area contributed by atoms with E-state index in [0.717, 1.165) is 12.5 Å². The Labute approximate surface area is 107 Å². The van der Waals surface area contributed by atoms with Crippen LogP contribution in [0.15, 0.2) is 0 Å². The highest BCUT2D eigenvalue weighted by molar-refractivity contribution is 4.84. The van der Waals surface area contributed by atoms with Crippen LogP contribution in [-0.4, -0.2) is 54.6 Å². The van der Waals surface area contributed by atoms with Gasteiger partial charge in [-0.2, -0.15) is 0 Å². The van der Waals surface area contributed by atoms with E-state index in [-0.39, 0.29) is 0 Å². The second-order valence-corrected chi connectivity index (χ2v) is 5.55. The fourth-order valence-corrected chi connectivity index (χ4v) is 3.06. The van der Waals surface area contributed by atoms with E-state index in [9.17, 15) is 0 Å². The quantitative estimate of drug-likeness (QED) is 0.769. The minimum Gasteiger partial charge on any atom is -0.329 e. The molecule has 1 aliphatic rings. The van der Waals surface area contributed by atoms with E-state index < -0.39 is 0 Å². The molecule has 1 atom stereocenters. The molecule has 0 spiro atoms. The molecule has 3 nitrogen and oxygen atoms in total. The van der Waals surface area contributed by atoms with Crippen LogP contribution in [0.2, 0.25) is 0 Å². The molecule has 17 heavy (non-hydrogen) atoms. The lowest BCUT2D eigenvalue weighted by Crippen LogP contribution is -2.55. The third-order valence-corrected chi connectivity index (χ3v) is 4.38. The van der Waals surface area contributed by atoms with Gasteiger partial charge in [-0.15, -0.1) is 0 Å². The number of nitrogens with zero attached hydrogens (tertiary/aromatic N) is 2. The van der Waals surface area contributed by atoms with Crippen LogP contribution in [0, 0.1) is 5.92 Å². The largest absolute Gasteiger partial charge is 0.329 e. The highest BCUT2D eigenvalue weighted by Crippen LogP contribution is 2.20. The summed E-state index contributed by atoms with van der Waals surface area (Å²) < 4.78 is 0. The van der Waals surface area contributed by atoms with Crippen molar-refractivity contribution in [3.63, 3.8) is 0 Å². The molecule has 0 aromatic rings. The van der Waals surface area contributed by atoms with Crippen LogP contribution in [-0.2, 0) is 0 Å². The van der Waals surface area contributed by atoms with Crippen molar-refractivity contribution in [1.29, 1.82) is 0 Å². The maximum Gasteiger partial charge on any atom is 0.0247 e. The fraction of sp³-hybridized carbons (Fsp3) is 1.00. The van der Waals surface area contributed by atoms with Crippen molar-refractivity contribution < 1.29 is 0 Å². The molecule has 0 bridgehead atoms. The van der Waals surface area contributed by atoms with Crippen molar-refractivity contribution in [1.82, 2.24) is 9.80 Å². The molecule has 102 valence electrons. The van der Waals surface area contributed by atoms with Crippen LogP contribution in [0.4, 0.5) is 0 Å². The van der Waals surface area contributed by atoms with E-state index in [0.29, 0.717) is 12.1 Å². The lowest BCUT2D eigenvalue weighted by Gasteiger charge is -2.43. The second-order valence-electron chi connectivity index (χ2n) is 5.55. The maximum atomic E-state index is 5.99. The molecule has 0 radical (unpaired) electrons. The first-order valence-corrected chi connectivity index (χ1v) is 7.32. The Hall–Kier alpha value is -0.120. The summed E-state index contributed by atoms with van der Waals surface area (Å²) in [6.45, 7) is 14.8. The van der Waals surface area contributed by atoms with Crippen molar-refractivity contribution in [3.05, 3.63) is 0 Å². The zero-order valence-corrected chi connectivity index (χ0v) is 12.2. The predicted octanol–water partition coefficient (Wildman–Crippen LogP) is 1.78. The lowest BCUT2D eigenvalue weighted by molar-refractivity contribution is 0.0568. The monoisotopic (exact) mass is 241 g/mol. The molecule has 3 heteroatoms. The van der Waals surface area contributed by atoms with E-state index in [1.54, 1.807) is 0 Å². The minimum absolute atomic E-state index is 0.597. The Balaban J connectivity index is 2.50. The zero-order valence-electron chi connectivity index (χ0n) is 12.2. The minimum atomic E-state index is 0.597. The van der Waals surface area contributed by atoms with Gasteiger partial charge in [0.25, 0.3) is 0 Å². The van der Waals surface area contributed by atoms with Crippen molar-refractivity contribution in [3.8, 4) is 0 Å². The summed E-state index contributed by atoms with van der Waals surface area (Å²) in [6.07, 6.45) is 2.51. The molecule has 0 aliphatic carbocycles. The maximum absolute atomic E-state index is 5.99. The van der Waals surface area contributed by atoms with Crippen molar-refractivity contribution in [2.24, 2.45) is 11.7 Å². The summed E-state index contributed by atoms with van der Waals surface area (Å²) in [5.41, 5.74) is 5.99. The van der Waals surface area contributed by atoms with Gasteiger partial charge < -0.3 is 5.73 Å². The first-order chi connectivity index (χ1) is 8.13. The standard InChI is InChI=1S/C14H31N3/c1-5-13(6-2)14(11-15)17-9-7-16(8-10-17)12(3)4/h12-14H,5-11,15H2,1-4H3. The van der Waals surface area contributed by atoms with Gasteiger partial charge in [0, 0.05) is 44.8 Å². The highest BCUT2D eigenvalue weighted by Gasteiger charge is 2.27. The first-order valence-electron chi connectivity index (χ1n) is 7.32. The Kier molecular flexibility index (Phi) is 6.45. The van der Waals surface area contributed by atoms with Gasteiger partial charge in [0.05, 0.1) is 0 Å². The molecule has 1 heterocycles. The van der Waals surface area contributed by atoms with Gasteiger partial charge in [-0.1, -0.05) is 26.7 Å². The molecule has 1 saturated heterocycles. The van der Waals surface area contributed by atoms with Crippen molar-refractivity contribution >= 4 is 0 Å². The van der Waals surface area contributed by atoms with Gasteiger partial charge in [-0.3, -0.25) is 9.80 Å². The summed E-state index contributed by atoms with van der Waals surface area (Å²) in [4.78, 5) is 5.19. The molecule has 1 fully saturated rings. The summed E-state index contributed by atoms with van der Waals surface area (Å²) in [7, 11) is 0. The summed E-state index contributed by atoms with van der Waals surface area (Å²) >= 11 is 0. The molecular weight excluding hydrogens is 210 g/mol. The van der Waals surface area contributed by atoms with Crippen molar-refractivity contribution in [2.75, 3.05) is 32.7 Å². The molecular formula is C14H31N3. The van der Waals surface area contributed by atoms with Crippen LogP contribution < -0.4 is 5.73 Å². The summed E-state index contributed by atoms with van der Waals surface area (Å²) in [5.74, 6) is 0.769. The molecule has 0 amide bonds. The van der Waals surface area contributed by atoms with E-state index in [2.05, 4.69) is 37.5 Å². The van der Waals surface area contributed by atoms with E-state index in [1.165, 1.54) is 39.0 Å². The van der Waals surface area contributed by atoms with Gasteiger partial charge in [-0.25, -0.2) is 0 Å². The number of rotatable bonds is 6. The summed E-state index contributed by atoms with van der Waals surface area (Å²) in [6, 6.07) is 1.28. The molecule has 1 unspecified atom stereocenters. The van der Waals surface area contributed by atoms with Crippen LogP contribution in [0.5, 0.6) is 0 Å². The van der Waals surface area contributed by atoms with Gasteiger partial charge in [0.15, 0.2) is 0 Å². The first kappa shape index (κ1) is 14.9. The van der Waals surface area contributed by atoms with E-state index >= 15 is 0 Å². The summed E-state index contributed by atoms with van der Waals surface area (Å²) in [5, 5.41) is 0. The number of piperazine rings is 1. The van der Waals surface area contributed by atoms with Crippen LogP contribution in [0.1, 0.15) is 40.5 Å². The molecule has 0 saturated carbocycles. The zero-order chi connectivity index (χ0) is 12.8. The average molecular weight is 241 g/mol. The number of hydrogen-bond acceptors (Lipinski definition) is 3. The van der Waals surface area contributed by atoms with Crippen LogP contribution >= 0.6 is 0 Å². The average Bonchev–Trinajstić information content (AvgIpc) is 2.36. The molecule has 0 aromatic carbocycles. The van der Waals surface area contributed by atoms with Crippen LogP contribution in [0.3, 0.4) is 0 Å². The molecule has 1 aliphatic heterocycles. The molecule has 2 N–H and O–H groups in total. The number of hydrogen-bond donors (Lipinski definition) is 1. The predicted molar refractivity (Wildman–Crippen MR) is 75.2 cm³/mol. The Bertz CT molecular complexity index is 194. The molecule has 0 aromatic heterocycles. The topological polar surface area (TPSA) is 32.5 Å². The van der Waals surface area contributed by atoms with Crippen LogP contribution in [0.25, 0.3) is 0 Å². The fourth-order valence-electron chi connectivity index (χ4n) is 3.06. The lowest BCUT2D eigenvalue weighted by atomic mass is 9.92. The van der Waals surface area contributed by atoms with Gasteiger partial charge >= 0.3 is 0 Å². The smallest absolute Gasteiger partial charge is 0.0247 e. The van der Waals surface area contributed by atoms with Gasteiger partial charge in [0.2, 0.25) is 0 Å². The Morgan fingerprint density at radius 1 is 0.941 bits per heavy atom. The van der Waals surface area contributed by atoms with Crippen molar-refractivity contribution in [2.45, 2.75) is 52.6 Å². The third kappa shape index (κ3) is 3.94. The van der Waals surface area contributed by atoms with Gasteiger partial charge in [-0.05, 0) is 19.8 Å². The Morgan fingerprint density at radius 2 is 1.41 bits per heavy atom. The number of nitrogens with two attached hydrogens (primary N) is 1. The third-order valence-electron chi connectivity index (χ3n) is 4.38. The SMILES string of the molecule is CCC(CC)C(CN)N1CCN(C(C)C)CC1. The molecule has 1 rings (SSSR count). The Morgan fingerprint density at radius 3 is 1.76 bits per heavy atom. The highest BCUT2D eigenvalue weighted by atomic mass is 15.3. The normalized spacial score (nSPS) is 21.4.